The van der Waals surface area contributed by atoms with E-state index >= 15 is 0 Å². The van der Waals surface area contributed by atoms with E-state index in [0.717, 1.165) is 30.4 Å². The zero-order valence-corrected chi connectivity index (χ0v) is 42.6. The molecule has 18 heteroatoms. The summed E-state index contributed by atoms with van der Waals surface area (Å²) in [6, 6.07) is 15.8. The highest BCUT2D eigenvalue weighted by atomic mass is 16.6. The van der Waals surface area contributed by atoms with Crippen molar-refractivity contribution in [2.24, 2.45) is 0 Å². The summed E-state index contributed by atoms with van der Waals surface area (Å²) in [5.74, 6) is 2.21. The molecule has 0 radical (unpaired) electrons. The van der Waals surface area contributed by atoms with Crippen molar-refractivity contribution < 1.29 is 42.8 Å². The third kappa shape index (κ3) is 18.7. The summed E-state index contributed by atoms with van der Waals surface area (Å²) in [6.07, 6.45) is 17.1. The van der Waals surface area contributed by atoms with Crippen LogP contribution in [0.15, 0.2) is 87.2 Å². The molecule has 3 amide bonds. The number of amides is 3. The number of allylic oxidation sites excluding steroid dienone is 3. The van der Waals surface area contributed by atoms with Crippen molar-refractivity contribution in [3.63, 3.8) is 0 Å². The van der Waals surface area contributed by atoms with Crippen LogP contribution < -0.4 is 61.4 Å². The molecule has 0 bridgehead atoms. The molecule has 0 aliphatic rings. The van der Waals surface area contributed by atoms with Crippen molar-refractivity contribution in [1.82, 2.24) is 29.7 Å². The number of nitrogens with zero attached hydrogens (tertiary/aromatic N) is 3. The van der Waals surface area contributed by atoms with E-state index in [1.807, 2.05) is 75.4 Å². The van der Waals surface area contributed by atoms with Crippen LogP contribution in [0.2, 0.25) is 0 Å². The third-order valence-electron chi connectivity index (χ3n) is 11.4. The molecular formula is C54H72N6O12. The molecular weight excluding hydrogens is 925 g/mol. The standard InChI is InChI=1S/C54H72N6O12/c1-7-22-40-25-28-43(46(37-40)67-4)70-49(61)55-31-16-10-13-19-34-58-52(64)59(35-20-14-11-17-32-56-50(62)71-44-29-26-41(23-8-2)38-47(44)68-5)54(66)60(53(58)65)36-21-15-12-18-33-57-51(63)72-45-30-27-42(24-9-3)39-48(45)69-6/h7-9,22-30,37-39H,10-21,31-36H2,1-6H3,(H,55,61)(H,56,62)(H,57,63). The number of hydrogen-bond acceptors (Lipinski definition) is 12. The van der Waals surface area contributed by atoms with Gasteiger partial charge in [0.15, 0.2) is 34.5 Å². The molecule has 3 aromatic carbocycles. The van der Waals surface area contributed by atoms with Gasteiger partial charge in [0.1, 0.15) is 0 Å². The molecule has 0 aliphatic carbocycles. The summed E-state index contributed by atoms with van der Waals surface area (Å²) >= 11 is 0. The number of hydrogen-bond donors (Lipinski definition) is 3. The minimum atomic E-state index is -0.650. The molecule has 0 spiro atoms. The van der Waals surface area contributed by atoms with E-state index in [2.05, 4.69) is 16.0 Å². The zero-order valence-electron chi connectivity index (χ0n) is 42.6. The van der Waals surface area contributed by atoms with E-state index in [-0.39, 0.29) is 19.6 Å². The van der Waals surface area contributed by atoms with Crippen molar-refractivity contribution in [2.75, 3.05) is 41.0 Å². The van der Waals surface area contributed by atoms with Crippen LogP contribution in [0.25, 0.3) is 18.2 Å². The molecule has 390 valence electrons. The molecule has 72 heavy (non-hydrogen) atoms. The molecule has 18 nitrogen and oxygen atoms in total. The van der Waals surface area contributed by atoms with Gasteiger partial charge in [0.2, 0.25) is 0 Å². The Morgan fingerprint density at radius 2 is 0.667 bits per heavy atom. The van der Waals surface area contributed by atoms with Gasteiger partial charge < -0.3 is 44.4 Å². The van der Waals surface area contributed by atoms with Crippen LogP contribution in [0.1, 0.15) is 115 Å². The molecule has 0 saturated carbocycles. The number of ether oxygens (including phenoxy) is 6. The molecule has 1 aromatic heterocycles. The number of unbranched alkanes of at least 4 members (excludes halogenated alkanes) is 9. The van der Waals surface area contributed by atoms with Gasteiger partial charge >= 0.3 is 35.3 Å². The van der Waals surface area contributed by atoms with Crippen molar-refractivity contribution >= 4 is 36.5 Å². The number of nitrogens with one attached hydrogen (secondary N) is 3. The summed E-state index contributed by atoms with van der Waals surface area (Å²) in [7, 11) is 4.52. The van der Waals surface area contributed by atoms with Gasteiger partial charge in [0, 0.05) is 39.3 Å². The van der Waals surface area contributed by atoms with Gasteiger partial charge in [-0.3, -0.25) is 0 Å². The monoisotopic (exact) mass is 997 g/mol. The van der Waals surface area contributed by atoms with Crippen LogP contribution in [0.3, 0.4) is 0 Å². The smallest absolute Gasteiger partial charge is 0.412 e. The Labute approximate surface area is 421 Å². The molecule has 0 aliphatic heterocycles. The fourth-order valence-corrected chi connectivity index (χ4v) is 7.67. The quantitative estimate of drug-likeness (QED) is 0.0418. The first-order valence-corrected chi connectivity index (χ1v) is 24.7. The molecule has 0 unspecified atom stereocenters. The van der Waals surface area contributed by atoms with Gasteiger partial charge in [-0.1, -0.05) is 93.2 Å². The van der Waals surface area contributed by atoms with Gasteiger partial charge in [0.05, 0.1) is 21.3 Å². The normalized spacial score (nSPS) is 11.2. The average molecular weight is 997 g/mol. The van der Waals surface area contributed by atoms with Crippen LogP contribution in [-0.4, -0.2) is 72.9 Å². The summed E-state index contributed by atoms with van der Waals surface area (Å²) in [5, 5.41) is 8.25. The number of carbonyl (C=O) groups excluding carboxylic acids is 3. The van der Waals surface area contributed by atoms with E-state index in [0.29, 0.717) is 131 Å². The van der Waals surface area contributed by atoms with Gasteiger partial charge in [-0.05, 0) is 112 Å². The van der Waals surface area contributed by atoms with Gasteiger partial charge in [-0.25, -0.2) is 42.5 Å². The third-order valence-corrected chi connectivity index (χ3v) is 11.4. The number of methoxy groups -OCH3 is 3. The molecule has 4 rings (SSSR count). The highest BCUT2D eigenvalue weighted by molar-refractivity contribution is 5.73. The number of aromatic nitrogens is 3. The summed E-state index contributed by atoms with van der Waals surface area (Å²) in [6.45, 7) is 7.17. The predicted molar refractivity (Wildman–Crippen MR) is 280 cm³/mol. The Kier molecular flexibility index (Phi) is 25.1. The molecule has 4 aromatic rings. The first-order chi connectivity index (χ1) is 35.0. The lowest BCUT2D eigenvalue weighted by molar-refractivity contribution is 0.197. The highest BCUT2D eigenvalue weighted by Gasteiger charge is 2.17. The first kappa shape index (κ1) is 57.1. The Morgan fingerprint density at radius 1 is 0.403 bits per heavy atom. The Morgan fingerprint density at radius 3 is 0.917 bits per heavy atom. The van der Waals surface area contributed by atoms with Gasteiger partial charge in [0.25, 0.3) is 0 Å². The first-order valence-electron chi connectivity index (χ1n) is 24.7. The average Bonchev–Trinajstić information content (AvgIpc) is 3.37. The zero-order chi connectivity index (χ0) is 52.1. The van der Waals surface area contributed by atoms with Gasteiger partial charge in [-0.2, -0.15) is 0 Å². The van der Waals surface area contributed by atoms with Crippen molar-refractivity contribution in [2.45, 2.75) is 117 Å². The second-order valence-electron chi connectivity index (χ2n) is 16.7. The summed E-state index contributed by atoms with van der Waals surface area (Å²) < 4.78 is 35.9. The van der Waals surface area contributed by atoms with Gasteiger partial charge in [-0.15, -0.1) is 0 Å². The SMILES string of the molecule is CC=Cc1ccc(OC(=O)NCCCCCCn2c(=O)n(CCCCCCNC(=O)Oc3ccc(C=CC)cc3OC)c(=O)n(CCCCCCNC(=O)Oc3ccc(C=CC)cc3OC)c2=O)c(OC)c1. The Hall–Kier alpha value is -7.50. The fourth-order valence-electron chi connectivity index (χ4n) is 7.67. The second-order valence-corrected chi connectivity index (χ2v) is 16.7. The van der Waals surface area contributed by atoms with E-state index in [4.69, 9.17) is 28.4 Å². The minimum Gasteiger partial charge on any atom is -0.493 e. The van der Waals surface area contributed by atoms with Crippen LogP contribution in [0, 0.1) is 0 Å². The second kappa shape index (κ2) is 31.7. The number of rotatable bonds is 30. The molecule has 3 N–H and O–H groups in total. The van der Waals surface area contributed by atoms with Crippen LogP contribution >= 0.6 is 0 Å². The van der Waals surface area contributed by atoms with Crippen LogP contribution in [0.5, 0.6) is 34.5 Å². The summed E-state index contributed by atoms with van der Waals surface area (Å²) in [4.78, 5) is 78.7. The van der Waals surface area contributed by atoms with E-state index in [1.54, 1.807) is 36.4 Å². The van der Waals surface area contributed by atoms with E-state index in [1.165, 1.54) is 21.3 Å². The number of benzene rings is 3. The predicted octanol–water partition coefficient (Wildman–Crippen LogP) is 9.34. The maximum Gasteiger partial charge on any atom is 0.412 e. The lowest BCUT2D eigenvalue weighted by atomic mass is 10.2. The fraction of sp³-hybridized carbons (Fsp3) is 0.444. The number of carbonyl (C=O) groups is 3. The molecule has 0 atom stereocenters. The van der Waals surface area contributed by atoms with Crippen LogP contribution in [-0.2, 0) is 19.6 Å². The largest absolute Gasteiger partial charge is 0.493 e. The van der Waals surface area contributed by atoms with Crippen molar-refractivity contribution in [3.8, 4) is 34.5 Å². The van der Waals surface area contributed by atoms with Crippen molar-refractivity contribution in [3.05, 3.63) is 121 Å². The maximum atomic E-state index is 13.7. The van der Waals surface area contributed by atoms with E-state index in [9.17, 15) is 28.8 Å². The summed E-state index contributed by atoms with van der Waals surface area (Å²) in [5.41, 5.74) is 0.783. The van der Waals surface area contributed by atoms with E-state index < -0.39 is 35.3 Å². The minimum absolute atomic E-state index is 0.123. The molecule has 0 fully saturated rings. The van der Waals surface area contributed by atoms with Crippen LogP contribution in [0.4, 0.5) is 14.4 Å². The lowest BCUT2D eigenvalue weighted by Crippen LogP contribution is -2.54. The molecule has 1 heterocycles. The lowest BCUT2D eigenvalue weighted by Gasteiger charge is -2.14. The topological polar surface area (TPSA) is 209 Å². The maximum absolute atomic E-state index is 13.7. The van der Waals surface area contributed by atoms with Crippen molar-refractivity contribution in [1.29, 1.82) is 0 Å². The molecule has 0 saturated heterocycles. The Balaban J connectivity index is 1.28. The Bertz CT molecular complexity index is 2330. The highest BCUT2D eigenvalue weighted by Crippen LogP contribution is 2.31.